The summed E-state index contributed by atoms with van der Waals surface area (Å²) in [5.74, 6) is -1.64. The Hall–Kier alpha value is -1.99. The van der Waals surface area contributed by atoms with Crippen molar-refractivity contribution in [2.45, 2.75) is 6.92 Å². The fraction of sp³-hybridized carbons (Fsp3) is 0.0909. The van der Waals surface area contributed by atoms with E-state index in [1.165, 1.54) is 17.5 Å². The van der Waals surface area contributed by atoms with E-state index in [4.69, 9.17) is 11.6 Å². The number of pyridine rings is 1. The van der Waals surface area contributed by atoms with Crippen molar-refractivity contribution in [1.82, 2.24) is 9.97 Å². The molecule has 0 fully saturated rings. The van der Waals surface area contributed by atoms with Gasteiger partial charge < -0.3 is 5.32 Å². The van der Waals surface area contributed by atoms with E-state index in [-0.39, 0.29) is 10.8 Å². The third-order valence-corrected chi connectivity index (χ3v) is 3.23. The van der Waals surface area contributed by atoms with Gasteiger partial charge in [0.2, 0.25) is 0 Å². The fourth-order valence-electron chi connectivity index (χ4n) is 1.22. The van der Waals surface area contributed by atoms with Gasteiger partial charge in [-0.15, -0.1) is 11.3 Å². The van der Waals surface area contributed by atoms with Crippen LogP contribution in [0.3, 0.4) is 0 Å². The van der Waals surface area contributed by atoms with Crippen LogP contribution in [0, 0.1) is 6.92 Å². The van der Waals surface area contributed by atoms with E-state index in [0.29, 0.717) is 5.13 Å². The van der Waals surface area contributed by atoms with Crippen LogP contribution < -0.4 is 10.6 Å². The van der Waals surface area contributed by atoms with Gasteiger partial charge in [-0.2, -0.15) is 0 Å². The molecular formula is C11H9ClN4O2S. The molecule has 0 aromatic carbocycles. The lowest BCUT2D eigenvalue weighted by atomic mass is 10.4. The van der Waals surface area contributed by atoms with E-state index in [1.807, 2.05) is 0 Å². The summed E-state index contributed by atoms with van der Waals surface area (Å²) in [5, 5.41) is 7.02. The molecule has 0 aliphatic rings. The van der Waals surface area contributed by atoms with Gasteiger partial charge in [-0.1, -0.05) is 11.6 Å². The molecule has 0 aliphatic heterocycles. The van der Waals surface area contributed by atoms with Gasteiger partial charge in [0.25, 0.3) is 0 Å². The summed E-state index contributed by atoms with van der Waals surface area (Å²) in [7, 11) is 0. The van der Waals surface area contributed by atoms with Gasteiger partial charge in [-0.3, -0.25) is 14.9 Å². The molecule has 98 valence electrons. The number of anilines is 2. The van der Waals surface area contributed by atoms with Crippen LogP contribution in [0.4, 0.5) is 10.8 Å². The van der Waals surface area contributed by atoms with E-state index in [1.54, 1.807) is 24.4 Å². The minimum absolute atomic E-state index is 0.119. The number of nitrogens with zero attached hydrogens (tertiary/aromatic N) is 2. The lowest BCUT2D eigenvalue weighted by Crippen LogP contribution is -2.29. The van der Waals surface area contributed by atoms with Crippen molar-refractivity contribution in [1.29, 1.82) is 0 Å². The monoisotopic (exact) mass is 296 g/mol. The molecule has 0 radical (unpaired) electrons. The Morgan fingerprint density at radius 1 is 1.32 bits per heavy atom. The Morgan fingerprint density at radius 3 is 2.68 bits per heavy atom. The van der Waals surface area contributed by atoms with E-state index in [0.717, 1.165) is 5.69 Å². The van der Waals surface area contributed by atoms with Crippen molar-refractivity contribution in [2.24, 2.45) is 0 Å². The molecule has 0 unspecified atom stereocenters. The van der Waals surface area contributed by atoms with Crippen LogP contribution in [0.15, 0.2) is 23.7 Å². The zero-order valence-electron chi connectivity index (χ0n) is 9.81. The SMILES string of the molecule is Cc1csc(NC(=O)C(=O)Nc2cccnc2Cl)n1. The normalized spacial score (nSPS) is 10.0. The van der Waals surface area contributed by atoms with Crippen LogP contribution in [-0.2, 0) is 9.59 Å². The summed E-state index contributed by atoms with van der Waals surface area (Å²) in [4.78, 5) is 31.1. The lowest BCUT2D eigenvalue weighted by molar-refractivity contribution is -0.133. The van der Waals surface area contributed by atoms with Crippen molar-refractivity contribution in [3.8, 4) is 0 Å². The maximum absolute atomic E-state index is 11.6. The minimum atomic E-state index is -0.831. The third-order valence-electron chi connectivity index (χ3n) is 2.05. The molecule has 2 N–H and O–H groups in total. The number of halogens is 1. The number of hydrogen-bond acceptors (Lipinski definition) is 5. The Morgan fingerprint density at radius 2 is 2.05 bits per heavy atom. The first-order valence-electron chi connectivity index (χ1n) is 5.21. The van der Waals surface area contributed by atoms with Gasteiger partial charge >= 0.3 is 11.8 Å². The van der Waals surface area contributed by atoms with Crippen LogP contribution in [0.5, 0.6) is 0 Å². The molecular weight excluding hydrogens is 288 g/mol. The van der Waals surface area contributed by atoms with Crippen LogP contribution in [0.2, 0.25) is 5.15 Å². The second kappa shape index (κ2) is 5.77. The molecule has 0 bridgehead atoms. The first-order valence-corrected chi connectivity index (χ1v) is 6.47. The first-order chi connectivity index (χ1) is 9.06. The van der Waals surface area contributed by atoms with Gasteiger partial charge in [0, 0.05) is 11.6 Å². The van der Waals surface area contributed by atoms with Gasteiger partial charge in [0.15, 0.2) is 10.3 Å². The smallest absolute Gasteiger partial charge is 0.315 e. The van der Waals surface area contributed by atoms with Crippen molar-refractivity contribution in [2.75, 3.05) is 10.6 Å². The van der Waals surface area contributed by atoms with E-state index in [2.05, 4.69) is 20.6 Å². The van der Waals surface area contributed by atoms with Gasteiger partial charge in [-0.05, 0) is 19.1 Å². The molecule has 19 heavy (non-hydrogen) atoms. The molecule has 2 amide bonds. The number of nitrogens with one attached hydrogen (secondary N) is 2. The maximum Gasteiger partial charge on any atom is 0.315 e. The number of aromatic nitrogens is 2. The summed E-state index contributed by atoms with van der Waals surface area (Å²) >= 11 is 7.01. The predicted molar refractivity (Wildman–Crippen MR) is 73.4 cm³/mol. The average Bonchev–Trinajstić information content (AvgIpc) is 2.77. The van der Waals surface area contributed by atoms with Crippen molar-refractivity contribution >= 4 is 45.6 Å². The summed E-state index contributed by atoms with van der Waals surface area (Å²) in [6, 6.07) is 3.15. The summed E-state index contributed by atoms with van der Waals surface area (Å²) < 4.78 is 0. The van der Waals surface area contributed by atoms with Gasteiger partial charge in [0.05, 0.1) is 11.4 Å². The minimum Gasteiger partial charge on any atom is -0.315 e. The third kappa shape index (κ3) is 3.49. The molecule has 0 atom stereocenters. The fourth-order valence-corrected chi connectivity index (χ4v) is 2.07. The van der Waals surface area contributed by atoms with E-state index in [9.17, 15) is 9.59 Å². The van der Waals surface area contributed by atoms with Crippen molar-refractivity contribution < 1.29 is 9.59 Å². The Labute approximate surface area is 117 Å². The largest absolute Gasteiger partial charge is 0.315 e. The molecule has 2 aromatic heterocycles. The molecule has 2 heterocycles. The van der Waals surface area contributed by atoms with E-state index < -0.39 is 11.8 Å². The lowest BCUT2D eigenvalue weighted by Gasteiger charge is -2.05. The second-order valence-electron chi connectivity index (χ2n) is 3.54. The van der Waals surface area contributed by atoms with Gasteiger partial charge in [-0.25, -0.2) is 9.97 Å². The van der Waals surface area contributed by atoms with Crippen molar-refractivity contribution in [3.05, 3.63) is 34.6 Å². The number of aryl methyl sites for hydroxylation is 1. The highest BCUT2D eigenvalue weighted by molar-refractivity contribution is 7.14. The number of amides is 2. The average molecular weight is 297 g/mol. The number of thiazole rings is 1. The number of carbonyl (C=O) groups excluding carboxylic acids is 2. The Kier molecular flexibility index (Phi) is 4.08. The van der Waals surface area contributed by atoms with Gasteiger partial charge in [0.1, 0.15) is 0 Å². The molecule has 0 saturated carbocycles. The number of hydrogen-bond donors (Lipinski definition) is 2. The molecule has 2 rings (SSSR count). The molecule has 0 spiro atoms. The summed E-state index contributed by atoms with van der Waals surface area (Å²) in [6.07, 6.45) is 1.48. The zero-order valence-corrected chi connectivity index (χ0v) is 11.4. The highest BCUT2D eigenvalue weighted by Crippen LogP contribution is 2.18. The van der Waals surface area contributed by atoms with Crippen molar-refractivity contribution in [3.63, 3.8) is 0 Å². The standard InChI is InChI=1S/C11H9ClN4O2S/c1-6-5-19-11(14-6)16-10(18)9(17)15-7-3-2-4-13-8(7)12/h2-5H,1H3,(H,15,17)(H,14,16,18). The Balaban J connectivity index is 2.00. The first kappa shape index (κ1) is 13.4. The van der Waals surface area contributed by atoms with Crippen LogP contribution in [0.1, 0.15) is 5.69 Å². The molecule has 8 heteroatoms. The Bertz CT molecular complexity index is 629. The quantitative estimate of drug-likeness (QED) is 0.656. The number of rotatable bonds is 2. The molecule has 0 saturated heterocycles. The molecule has 6 nitrogen and oxygen atoms in total. The molecule has 0 aliphatic carbocycles. The topological polar surface area (TPSA) is 84.0 Å². The maximum atomic E-state index is 11.6. The highest BCUT2D eigenvalue weighted by atomic mass is 35.5. The summed E-state index contributed by atoms with van der Waals surface area (Å²) in [6.45, 7) is 1.79. The van der Waals surface area contributed by atoms with E-state index >= 15 is 0 Å². The summed E-state index contributed by atoms with van der Waals surface area (Å²) in [5.41, 5.74) is 1.05. The van der Waals surface area contributed by atoms with Crippen LogP contribution in [-0.4, -0.2) is 21.8 Å². The zero-order chi connectivity index (χ0) is 13.8. The second-order valence-corrected chi connectivity index (χ2v) is 4.76. The highest BCUT2D eigenvalue weighted by Gasteiger charge is 2.16. The van der Waals surface area contributed by atoms with Crippen LogP contribution in [0.25, 0.3) is 0 Å². The van der Waals surface area contributed by atoms with Crippen LogP contribution >= 0.6 is 22.9 Å². The molecule has 2 aromatic rings. The predicted octanol–water partition coefficient (Wildman–Crippen LogP) is 2.08. The number of carbonyl (C=O) groups is 2.